The largest absolute Gasteiger partial charge is 0.379 e. The van der Waals surface area contributed by atoms with E-state index < -0.39 is 0 Å². The Kier molecular flexibility index (Phi) is 6.67. The lowest BCUT2D eigenvalue weighted by Gasteiger charge is -2.38. The third-order valence-corrected chi connectivity index (χ3v) is 7.03. The monoisotopic (exact) mass is 414 g/mol. The molecule has 1 aromatic carbocycles. The average molecular weight is 415 g/mol. The molecule has 162 valence electrons. The van der Waals surface area contributed by atoms with Gasteiger partial charge in [0.15, 0.2) is 0 Å². The van der Waals surface area contributed by atoms with Crippen LogP contribution in [0.2, 0.25) is 0 Å². The van der Waals surface area contributed by atoms with Gasteiger partial charge in [0, 0.05) is 38.3 Å². The number of carbonyl (C=O) groups is 1. The maximum atomic E-state index is 13.5. The van der Waals surface area contributed by atoms with Crippen molar-refractivity contribution < 1.29 is 13.9 Å². The molecule has 0 N–H and O–H groups in total. The molecule has 3 fully saturated rings. The van der Waals surface area contributed by atoms with Crippen molar-refractivity contribution in [1.29, 1.82) is 5.26 Å². The standard InChI is InChI=1S/C23H31FN4O2/c24-21-4-3-19(20(15-21)16-25)17-28-9-2-6-23(28)5-1-8-27(10-7-23)22(29)18-26-11-13-30-14-12-26/h3-4,15H,1-2,5-14,17-18H2/t23-/m0/s1. The lowest BCUT2D eigenvalue weighted by molar-refractivity contribution is -0.133. The van der Waals surface area contributed by atoms with Crippen LogP contribution < -0.4 is 0 Å². The summed E-state index contributed by atoms with van der Waals surface area (Å²) in [5, 5.41) is 9.40. The van der Waals surface area contributed by atoms with Crippen molar-refractivity contribution in [2.45, 2.75) is 44.2 Å². The van der Waals surface area contributed by atoms with Gasteiger partial charge >= 0.3 is 0 Å². The number of benzene rings is 1. The van der Waals surface area contributed by atoms with Crippen LogP contribution in [0, 0.1) is 17.1 Å². The summed E-state index contributed by atoms with van der Waals surface area (Å²) in [6, 6.07) is 6.66. The summed E-state index contributed by atoms with van der Waals surface area (Å²) >= 11 is 0. The predicted molar refractivity (Wildman–Crippen MR) is 111 cm³/mol. The topological polar surface area (TPSA) is 59.8 Å². The van der Waals surface area contributed by atoms with Gasteiger partial charge in [-0.3, -0.25) is 14.6 Å². The van der Waals surface area contributed by atoms with E-state index in [9.17, 15) is 14.4 Å². The summed E-state index contributed by atoms with van der Waals surface area (Å²) in [6.07, 6.45) is 5.29. The molecular weight excluding hydrogens is 383 g/mol. The maximum Gasteiger partial charge on any atom is 0.236 e. The Bertz CT molecular complexity index is 805. The number of morpholine rings is 1. The molecule has 3 heterocycles. The lowest BCUT2D eigenvalue weighted by Crippen LogP contribution is -2.46. The second kappa shape index (κ2) is 9.42. The number of likely N-dealkylation sites (tertiary alicyclic amines) is 2. The fourth-order valence-electron chi connectivity index (χ4n) is 5.28. The Morgan fingerprint density at radius 2 is 1.87 bits per heavy atom. The smallest absolute Gasteiger partial charge is 0.236 e. The number of carbonyl (C=O) groups excluding carboxylic acids is 1. The Morgan fingerprint density at radius 3 is 2.63 bits per heavy atom. The average Bonchev–Trinajstić information content (AvgIpc) is 3.00. The van der Waals surface area contributed by atoms with Crippen LogP contribution in [0.1, 0.15) is 43.2 Å². The van der Waals surface area contributed by atoms with Gasteiger partial charge in [-0.05, 0) is 56.3 Å². The SMILES string of the molecule is N#Cc1cc(F)ccc1CN1CCC[C@]12CCCN(C(=O)CN1CCOCC1)CC2. The molecule has 1 amide bonds. The molecule has 7 heteroatoms. The Balaban J connectivity index is 1.40. The van der Waals surface area contributed by atoms with Crippen molar-refractivity contribution in [3.63, 3.8) is 0 Å². The van der Waals surface area contributed by atoms with Crippen LogP contribution in [0.5, 0.6) is 0 Å². The van der Waals surface area contributed by atoms with Crippen molar-refractivity contribution in [2.75, 3.05) is 52.5 Å². The van der Waals surface area contributed by atoms with Gasteiger partial charge in [0.2, 0.25) is 5.91 Å². The van der Waals surface area contributed by atoms with Gasteiger partial charge in [0.05, 0.1) is 31.4 Å². The Labute approximate surface area is 178 Å². The van der Waals surface area contributed by atoms with Crippen LogP contribution in [-0.2, 0) is 16.1 Å². The number of amides is 1. The molecule has 3 aliphatic heterocycles. The van der Waals surface area contributed by atoms with E-state index in [4.69, 9.17) is 4.74 Å². The van der Waals surface area contributed by atoms with Gasteiger partial charge in [-0.1, -0.05) is 6.07 Å². The van der Waals surface area contributed by atoms with Crippen molar-refractivity contribution >= 4 is 5.91 Å². The molecule has 0 radical (unpaired) electrons. The Hall–Kier alpha value is -2.01. The fourth-order valence-corrected chi connectivity index (χ4v) is 5.28. The zero-order valence-electron chi connectivity index (χ0n) is 17.6. The van der Waals surface area contributed by atoms with Crippen molar-refractivity contribution in [3.05, 3.63) is 35.1 Å². The van der Waals surface area contributed by atoms with Gasteiger partial charge in [0.25, 0.3) is 0 Å². The zero-order chi connectivity index (χ0) is 21.0. The highest BCUT2D eigenvalue weighted by Gasteiger charge is 2.42. The molecule has 0 bridgehead atoms. The summed E-state index contributed by atoms with van der Waals surface area (Å²) in [5.41, 5.74) is 1.40. The number of nitrogens with zero attached hydrogens (tertiary/aromatic N) is 4. The van der Waals surface area contributed by atoms with Crippen molar-refractivity contribution in [3.8, 4) is 6.07 Å². The highest BCUT2D eigenvalue weighted by atomic mass is 19.1. The highest BCUT2D eigenvalue weighted by molar-refractivity contribution is 5.78. The third kappa shape index (κ3) is 4.66. The first kappa shape index (κ1) is 21.2. The highest BCUT2D eigenvalue weighted by Crippen LogP contribution is 2.39. The van der Waals surface area contributed by atoms with Gasteiger partial charge in [-0.25, -0.2) is 4.39 Å². The molecule has 30 heavy (non-hydrogen) atoms. The van der Waals surface area contributed by atoms with E-state index in [1.165, 1.54) is 12.1 Å². The first-order chi connectivity index (χ1) is 14.6. The van der Waals surface area contributed by atoms with Crippen LogP contribution in [0.25, 0.3) is 0 Å². The number of hydrogen-bond donors (Lipinski definition) is 0. The number of nitriles is 1. The minimum Gasteiger partial charge on any atom is -0.379 e. The van der Waals surface area contributed by atoms with E-state index in [2.05, 4.69) is 15.9 Å². The molecule has 1 aromatic rings. The predicted octanol–water partition coefficient (Wildman–Crippen LogP) is 2.38. The molecule has 0 aliphatic carbocycles. The van der Waals surface area contributed by atoms with Gasteiger partial charge in [-0.2, -0.15) is 5.26 Å². The van der Waals surface area contributed by atoms with Crippen LogP contribution in [0.15, 0.2) is 18.2 Å². The zero-order valence-corrected chi connectivity index (χ0v) is 17.6. The van der Waals surface area contributed by atoms with E-state index in [0.717, 1.165) is 70.4 Å². The molecule has 1 atom stereocenters. The van der Waals surface area contributed by atoms with Crippen LogP contribution in [0.3, 0.4) is 0 Å². The number of ether oxygens (including phenoxy) is 1. The van der Waals surface area contributed by atoms with E-state index in [1.54, 1.807) is 6.07 Å². The maximum absolute atomic E-state index is 13.5. The molecule has 3 aliphatic rings. The van der Waals surface area contributed by atoms with Gasteiger partial charge < -0.3 is 9.64 Å². The summed E-state index contributed by atoms with van der Waals surface area (Å²) < 4.78 is 18.9. The number of hydrogen-bond acceptors (Lipinski definition) is 5. The molecule has 0 aromatic heterocycles. The second-order valence-corrected chi connectivity index (χ2v) is 8.79. The first-order valence-electron chi connectivity index (χ1n) is 11.1. The van der Waals surface area contributed by atoms with Crippen molar-refractivity contribution in [2.24, 2.45) is 0 Å². The normalized spacial score (nSPS) is 25.9. The molecular formula is C23H31FN4O2. The molecule has 3 saturated heterocycles. The number of rotatable bonds is 4. The minimum absolute atomic E-state index is 0.0785. The van der Waals surface area contributed by atoms with Crippen LogP contribution in [0.4, 0.5) is 4.39 Å². The fraction of sp³-hybridized carbons (Fsp3) is 0.652. The van der Waals surface area contributed by atoms with Gasteiger partial charge in [0.1, 0.15) is 5.82 Å². The van der Waals surface area contributed by atoms with E-state index in [0.29, 0.717) is 31.9 Å². The third-order valence-electron chi connectivity index (χ3n) is 7.03. The summed E-state index contributed by atoms with van der Waals surface area (Å²) in [4.78, 5) is 19.6. The van der Waals surface area contributed by atoms with E-state index in [1.807, 2.05) is 4.90 Å². The van der Waals surface area contributed by atoms with Crippen LogP contribution in [-0.4, -0.2) is 78.6 Å². The first-order valence-corrected chi connectivity index (χ1v) is 11.1. The Morgan fingerprint density at radius 1 is 1.10 bits per heavy atom. The molecule has 0 saturated carbocycles. The minimum atomic E-state index is -0.365. The molecule has 1 spiro atoms. The summed E-state index contributed by atoms with van der Waals surface area (Å²) in [7, 11) is 0. The van der Waals surface area contributed by atoms with Crippen molar-refractivity contribution in [1.82, 2.24) is 14.7 Å². The van der Waals surface area contributed by atoms with E-state index >= 15 is 0 Å². The second-order valence-electron chi connectivity index (χ2n) is 8.79. The number of halogens is 1. The lowest BCUT2D eigenvalue weighted by atomic mass is 9.87. The van der Waals surface area contributed by atoms with Gasteiger partial charge in [-0.15, -0.1) is 0 Å². The van der Waals surface area contributed by atoms with Crippen LogP contribution >= 0.6 is 0 Å². The molecule has 6 nitrogen and oxygen atoms in total. The summed E-state index contributed by atoms with van der Waals surface area (Å²) in [6.45, 7) is 6.83. The summed E-state index contributed by atoms with van der Waals surface area (Å²) in [5.74, 6) is -0.140. The molecule has 4 rings (SSSR count). The molecule has 0 unspecified atom stereocenters. The quantitative estimate of drug-likeness (QED) is 0.757. The van der Waals surface area contributed by atoms with E-state index in [-0.39, 0.29) is 17.3 Å².